The summed E-state index contributed by atoms with van der Waals surface area (Å²) in [6.45, 7) is -0.0410. The van der Waals surface area contributed by atoms with Crippen molar-refractivity contribution in [3.8, 4) is 11.8 Å². The fraction of sp³-hybridized carbons (Fsp3) is 0.111. The summed E-state index contributed by atoms with van der Waals surface area (Å²) in [7, 11) is 0. The molecule has 3 rings (SSSR count). The molecular formula is C18H13BrFN3O2S. The molecular weight excluding hydrogens is 421 g/mol. The first-order valence-corrected chi connectivity index (χ1v) is 9.23. The van der Waals surface area contributed by atoms with E-state index in [1.54, 1.807) is 42.5 Å². The van der Waals surface area contributed by atoms with E-state index in [0.717, 1.165) is 5.56 Å². The van der Waals surface area contributed by atoms with Gasteiger partial charge in [0.2, 0.25) is 0 Å². The molecule has 0 aromatic heterocycles. The van der Waals surface area contributed by atoms with E-state index in [4.69, 9.17) is 10.00 Å². The van der Waals surface area contributed by atoms with Gasteiger partial charge < -0.3 is 15.4 Å². The highest BCUT2D eigenvalue weighted by atomic mass is 79.9. The van der Waals surface area contributed by atoms with Crippen LogP contribution in [0.25, 0.3) is 6.08 Å². The molecule has 8 heteroatoms. The van der Waals surface area contributed by atoms with E-state index < -0.39 is 5.50 Å². The maximum Gasteiger partial charge on any atom is 0.260 e. The summed E-state index contributed by atoms with van der Waals surface area (Å²) in [5.41, 5.74) is 0.672. The first-order chi connectivity index (χ1) is 12.6. The summed E-state index contributed by atoms with van der Waals surface area (Å²) in [6, 6.07) is 13.5. The van der Waals surface area contributed by atoms with E-state index in [-0.39, 0.29) is 18.3 Å². The number of anilines is 1. The SMILES string of the molecule is N#CCOc1ccc(/C=C2\SC(Nc3ccccc3F)NC2=O)cc1Br. The third-order valence-electron chi connectivity index (χ3n) is 3.44. The molecule has 1 amide bonds. The second kappa shape index (κ2) is 8.25. The van der Waals surface area contributed by atoms with Crippen molar-refractivity contribution in [3.63, 3.8) is 0 Å². The van der Waals surface area contributed by atoms with Crippen molar-refractivity contribution >= 4 is 45.4 Å². The van der Waals surface area contributed by atoms with Gasteiger partial charge in [0.1, 0.15) is 17.6 Å². The van der Waals surface area contributed by atoms with Crippen LogP contribution >= 0.6 is 27.7 Å². The molecule has 1 unspecified atom stereocenters. The molecule has 2 aromatic carbocycles. The van der Waals surface area contributed by atoms with Gasteiger partial charge in [-0.2, -0.15) is 5.26 Å². The van der Waals surface area contributed by atoms with Crippen LogP contribution in [0, 0.1) is 17.1 Å². The number of ether oxygens (including phenoxy) is 1. The van der Waals surface area contributed by atoms with Gasteiger partial charge in [0.05, 0.1) is 15.1 Å². The van der Waals surface area contributed by atoms with E-state index in [1.807, 2.05) is 6.07 Å². The second-order valence-corrected chi connectivity index (χ2v) is 7.24. The summed E-state index contributed by atoms with van der Waals surface area (Å²) in [4.78, 5) is 12.7. The smallest absolute Gasteiger partial charge is 0.260 e. The van der Waals surface area contributed by atoms with E-state index >= 15 is 0 Å². The zero-order valence-electron chi connectivity index (χ0n) is 13.3. The van der Waals surface area contributed by atoms with E-state index in [0.29, 0.717) is 20.8 Å². The number of rotatable bonds is 5. The van der Waals surface area contributed by atoms with Crippen molar-refractivity contribution in [1.82, 2.24) is 5.32 Å². The molecule has 0 spiro atoms. The quantitative estimate of drug-likeness (QED) is 0.694. The van der Waals surface area contributed by atoms with Crippen LogP contribution in [0.2, 0.25) is 0 Å². The number of hydrogen-bond acceptors (Lipinski definition) is 5. The van der Waals surface area contributed by atoms with Gasteiger partial charge in [-0.25, -0.2) is 4.39 Å². The van der Waals surface area contributed by atoms with Crippen LogP contribution in [0.5, 0.6) is 5.75 Å². The number of carbonyl (C=O) groups excluding carboxylic acids is 1. The van der Waals surface area contributed by atoms with E-state index in [1.165, 1.54) is 17.8 Å². The number of nitrogens with one attached hydrogen (secondary N) is 2. The van der Waals surface area contributed by atoms with Gasteiger partial charge in [0, 0.05) is 0 Å². The van der Waals surface area contributed by atoms with Gasteiger partial charge in [0.15, 0.2) is 12.1 Å². The molecule has 2 aromatic rings. The minimum Gasteiger partial charge on any atom is -0.478 e. The molecule has 1 heterocycles. The fourth-order valence-electron chi connectivity index (χ4n) is 2.27. The number of halogens is 2. The second-order valence-electron chi connectivity index (χ2n) is 5.24. The van der Waals surface area contributed by atoms with Crippen LogP contribution in [-0.2, 0) is 4.79 Å². The highest BCUT2D eigenvalue weighted by molar-refractivity contribution is 9.10. The van der Waals surface area contributed by atoms with Gasteiger partial charge in [-0.3, -0.25) is 4.79 Å². The van der Waals surface area contributed by atoms with Crippen molar-refractivity contribution < 1.29 is 13.9 Å². The molecule has 1 aliphatic heterocycles. The average molecular weight is 434 g/mol. The molecule has 26 heavy (non-hydrogen) atoms. The Morgan fingerprint density at radius 1 is 1.38 bits per heavy atom. The van der Waals surface area contributed by atoms with Crippen LogP contribution < -0.4 is 15.4 Å². The summed E-state index contributed by atoms with van der Waals surface area (Å²) in [5, 5.41) is 14.3. The molecule has 0 radical (unpaired) electrons. The summed E-state index contributed by atoms with van der Waals surface area (Å²) in [6.07, 6.45) is 1.74. The number of benzene rings is 2. The number of thioether (sulfide) groups is 1. The Morgan fingerprint density at radius 3 is 2.92 bits per heavy atom. The van der Waals surface area contributed by atoms with Gasteiger partial charge in [-0.1, -0.05) is 30.0 Å². The van der Waals surface area contributed by atoms with Crippen LogP contribution in [-0.4, -0.2) is 18.0 Å². The first kappa shape index (κ1) is 18.3. The lowest BCUT2D eigenvalue weighted by molar-refractivity contribution is -0.116. The Balaban J connectivity index is 1.71. The monoisotopic (exact) mass is 433 g/mol. The summed E-state index contributed by atoms with van der Waals surface area (Å²) in [5.74, 6) is -0.0576. The Morgan fingerprint density at radius 2 is 2.19 bits per heavy atom. The standard InChI is InChI=1S/C18H13BrFN3O2S/c19-12-9-11(5-6-15(12)25-8-7-21)10-16-17(24)23-18(26-16)22-14-4-2-1-3-13(14)20/h1-6,9-10,18,22H,8H2,(H,23,24)/b16-10-. The zero-order valence-corrected chi connectivity index (χ0v) is 15.7. The molecule has 0 aliphatic carbocycles. The van der Waals surface area contributed by atoms with Crippen LogP contribution in [0.4, 0.5) is 10.1 Å². The third kappa shape index (κ3) is 4.36. The fourth-order valence-corrected chi connectivity index (χ4v) is 3.76. The molecule has 132 valence electrons. The highest BCUT2D eigenvalue weighted by Crippen LogP contribution is 2.32. The number of nitrogens with zero attached hydrogens (tertiary/aromatic N) is 1. The largest absolute Gasteiger partial charge is 0.478 e. The third-order valence-corrected chi connectivity index (χ3v) is 5.09. The molecule has 5 nitrogen and oxygen atoms in total. The first-order valence-electron chi connectivity index (χ1n) is 7.56. The molecule has 1 aliphatic rings. The van der Waals surface area contributed by atoms with Crippen LogP contribution in [0.3, 0.4) is 0 Å². The van der Waals surface area contributed by atoms with Crippen molar-refractivity contribution in [3.05, 3.63) is 63.2 Å². The average Bonchev–Trinajstić information content (AvgIpc) is 2.95. The molecule has 2 N–H and O–H groups in total. The topological polar surface area (TPSA) is 74.2 Å². The lowest BCUT2D eigenvalue weighted by Crippen LogP contribution is -2.31. The van der Waals surface area contributed by atoms with Gasteiger partial charge in [-0.05, 0) is 51.8 Å². The number of para-hydroxylation sites is 1. The van der Waals surface area contributed by atoms with E-state index in [9.17, 15) is 9.18 Å². The van der Waals surface area contributed by atoms with Crippen molar-refractivity contribution in [2.45, 2.75) is 5.50 Å². The summed E-state index contributed by atoms with van der Waals surface area (Å²) >= 11 is 4.66. The lowest BCUT2D eigenvalue weighted by atomic mass is 10.2. The Kier molecular flexibility index (Phi) is 5.81. The number of hydrogen-bond donors (Lipinski definition) is 2. The number of amides is 1. The van der Waals surface area contributed by atoms with Crippen molar-refractivity contribution in [1.29, 1.82) is 5.26 Å². The van der Waals surface area contributed by atoms with E-state index in [2.05, 4.69) is 26.6 Å². The molecule has 1 fully saturated rings. The normalized spacial score (nSPS) is 17.7. The molecule has 1 atom stereocenters. The van der Waals surface area contributed by atoms with Crippen LogP contribution in [0.1, 0.15) is 5.56 Å². The molecule has 0 bridgehead atoms. The highest BCUT2D eigenvalue weighted by Gasteiger charge is 2.27. The van der Waals surface area contributed by atoms with Crippen molar-refractivity contribution in [2.75, 3.05) is 11.9 Å². The van der Waals surface area contributed by atoms with Gasteiger partial charge >= 0.3 is 0 Å². The Labute approximate surface area is 162 Å². The Bertz CT molecular complexity index is 914. The molecule has 0 saturated carbocycles. The predicted molar refractivity (Wildman–Crippen MR) is 103 cm³/mol. The minimum atomic E-state index is -0.452. The predicted octanol–water partition coefficient (Wildman–Crippen LogP) is 4.09. The maximum atomic E-state index is 13.7. The summed E-state index contributed by atoms with van der Waals surface area (Å²) < 4.78 is 19.7. The van der Waals surface area contributed by atoms with Gasteiger partial charge in [-0.15, -0.1) is 0 Å². The lowest BCUT2D eigenvalue weighted by Gasteiger charge is -2.12. The zero-order chi connectivity index (χ0) is 18.5. The number of carbonyl (C=O) groups is 1. The maximum absolute atomic E-state index is 13.7. The van der Waals surface area contributed by atoms with Crippen molar-refractivity contribution in [2.24, 2.45) is 0 Å². The molecule has 1 saturated heterocycles. The van der Waals surface area contributed by atoms with Crippen LogP contribution in [0.15, 0.2) is 51.8 Å². The van der Waals surface area contributed by atoms with Gasteiger partial charge in [0.25, 0.3) is 5.91 Å². The minimum absolute atomic E-state index is 0.0410. The Hall–Kier alpha value is -2.50. The number of nitriles is 1.